The second-order valence-electron chi connectivity index (χ2n) is 12.5. The SMILES string of the molecule is COCCOCCOc1ccc(COc2cc(C(=O)OC)cc(OCc3ccc(OCCOCCOC)cc3)c2OCc2ccc(OCCOCCOC)cc2)cc1. The lowest BCUT2D eigenvalue weighted by atomic mass is 10.1. The van der Waals surface area contributed by atoms with E-state index in [-0.39, 0.29) is 25.4 Å². The normalized spacial score (nSPS) is 10.9. The molecule has 0 aliphatic rings. The molecule has 0 aliphatic heterocycles. The number of carbonyl (C=O) groups excluding carboxylic acids is 1. The van der Waals surface area contributed by atoms with Gasteiger partial charge in [0.25, 0.3) is 0 Å². The average Bonchev–Trinajstić information content (AvgIpc) is 3.26. The maximum Gasteiger partial charge on any atom is 0.338 e. The third-order valence-electron chi connectivity index (χ3n) is 8.17. The van der Waals surface area contributed by atoms with Crippen molar-refractivity contribution in [1.29, 1.82) is 0 Å². The Labute approximate surface area is 341 Å². The first-order valence-electron chi connectivity index (χ1n) is 19.0. The lowest BCUT2D eigenvalue weighted by Crippen LogP contribution is -2.10. The van der Waals surface area contributed by atoms with E-state index in [0.717, 1.165) is 16.7 Å². The maximum absolute atomic E-state index is 12.9. The van der Waals surface area contributed by atoms with E-state index in [9.17, 15) is 4.79 Å². The highest BCUT2D eigenvalue weighted by Gasteiger charge is 2.20. The van der Waals surface area contributed by atoms with Crippen LogP contribution in [0.2, 0.25) is 0 Å². The van der Waals surface area contributed by atoms with Crippen LogP contribution in [0.5, 0.6) is 34.5 Å². The first-order valence-corrected chi connectivity index (χ1v) is 19.0. The van der Waals surface area contributed by atoms with E-state index in [0.29, 0.717) is 114 Å². The average molecular weight is 809 g/mol. The fourth-order valence-corrected chi connectivity index (χ4v) is 5.08. The molecular weight excluding hydrogens is 752 g/mol. The van der Waals surface area contributed by atoms with Gasteiger partial charge in [-0.2, -0.15) is 0 Å². The Bertz CT molecular complexity index is 1610. The van der Waals surface area contributed by atoms with E-state index in [2.05, 4.69) is 0 Å². The number of ether oxygens (including phenoxy) is 13. The molecule has 0 spiro atoms. The molecule has 0 N–H and O–H groups in total. The minimum absolute atomic E-state index is 0.168. The molecule has 58 heavy (non-hydrogen) atoms. The van der Waals surface area contributed by atoms with Gasteiger partial charge in [-0.3, -0.25) is 0 Å². The van der Waals surface area contributed by atoms with Gasteiger partial charge < -0.3 is 61.6 Å². The van der Waals surface area contributed by atoms with E-state index < -0.39 is 5.97 Å². The van der Waals surface area contributed by atoms with Gasteiger partial charge in [0, 0.05) is 21.3 Å². The Morgan fingerprint density at radius 2 is 0.724 bits per heavy atom. The predicted molar refractivity (Wildman–Crippen MR) is 215 cm³/mol. The molecule has 0 bridgehead atoms. The van der Waals surface area contributed by atoms with Crippen molar-refractivity contribution in [2.75, 3.05) is 108 Å². The van der Waals surface area contributed by atoms with Gasteiger partial charge in [0.1, 0.15) is 56.9 Å². The molecule has 0 aliphatic carbocycles. The zero-order valence-electron chi connectivity index (χ0n) is 33.9. The number of rotatable bonds is 31. The highest BCUT2D eigenvalue weighted by atomic mass is 16.6. The minimum atomic E-state index is -0.554. The largest absolute Gasteiger partial charge is 0.491 e. The summed E-state index contributed by atoms with van der Waals surface area (Å²) in [4.78, 5) is 12.9. The van der Waals surface area contributed by atoms with Gasteiger partial charge in [-0.1, -0.05) is 36.4 Å². The number of esters is 1. The van der Waals surface area contributed by atoms with Crippen molar-refractivity contribution in [2.45, 2.75) is 19.8 Å². The molecule has 0 fully saturated rings. The van der Waals surface area contributed by atoms with E-state index in [1.165, 1.54) is 7.11 Å². The van der Waals surface area contributed by atoms with Gasteiger partial charge in [-0.25, -0.2) is 4.79 Å². The second kappa shape index (κ2) is 27.5. The summed E-state index contributed by atoms with van der Waals surface area (Å²) in [6, 6.07) is 25.8. The van der Waals surface area contributed by atoms with Gasteiger partial charge >= 0.3 is 5.97 Å². The van der Waals surface area contributed by atoms with Crippen molar-refractivity contribution in [2.24, 2.45) is 0 Å². The summed E-state index contributed by atoms with van der Waals surface area (Å²) in [5.74, 6) is 2.47. The Balaban J connectivity index is 1.47. The molecule has 4 aromatic carbocycles. The van der Waals surface area contributed by atoms with E-state index in [4.69, 9.17) is 61.6 Å². The van der Waals surface area contributed by atoms with Crippen LogP contribution in [0, 0.1) is 0 Å². The van der Waals surface area contributed by atoms with Crippen molar-refractivity contribution < 1.29 is 66.4 Å². The number of benzene rings is 4. The van der Waals surface area contributed by atoms with Gasteiger partial charge in [-0.15, -0.1) is 0 Å². The van der Waals surface area contributed by atoms with Crippen molar-refractivity contribution in [3.05, 3.63) is 107 Å². The zero-order valence-corrected chi connectivity index (χ0v) is 33.9. The maximum atomic E-state index is 12.9. The Kier molecular flexibility index (Phi) is 21.6. The third-order valence-corrected chi connectivity index (χ3v) is 8.17. The lowest BCUT2D eigenvalue weighted by Gasteiger charge is -2.19. The molecule has 4 rings (SSSR count). The summed E-state index contributed by atoms with van der Waals surface area (Å²) in [7, 11) is 6.21. The van der Waals surface area contributed by atoms with Crippen molar-refractivity contribution in [1.82, 2.24) is 0 Å². The topological polar surface area (TPSA) is 137 Å². The van der Waals surface area contributed by atoms with Crippen LogP contribution in [0.15, 0.2) is 84.9 Å². The molecule has 316 valence electrons. The standard InChI is InChI=1S/C44H56O14/c1-46-17-20-50-23-26-53-38-11-5-34(6-12-38)31-56-41-29-37(44(45)49-4)30-42(57-32-35-7-13-39(14-8-35)54-27-24-51-21-18-47-2)43(41)58-33-36-9-15-40(16-10-36)55-28-25-52-22-19-48-3/h5-16,29-30H,17-28,31-33H2,1-4H3. The fourth-order valence-electron chi connectivity index (χ4n) is 5.08. The molecule has 0 amide bonds. The number of carbonyl (C=O) groups is 1. The Morgan fingerprint density at radius 3 is 1.05 bits per heavy atom. The quantitative estimate of drug-likeness (QED) is 0.0413. The highest BCUT2D eigenvalue weighted by Crippen LogP contribution is 2.41. The van der Waals surface area contributed by atoms with Crippen LogP contribution >= 0.6 is 0 Å². The van der Waals surface area contributed by atoms with Gasteiger partial charge in [0.05, 0.1) is 72.1 Å². The van der Waals surface area contributed by atoms with Gasteiger partial charge in [-0.05, 0) is 65.2 Å². The van der Waals surface area contributed by atoms with E-state index >= 15 is 0 Å². The summed E-state index contributed by atoms with van der Waals surface area (Å²) in [6.45, 7) is 6.22. The van der Waals surface area contributed by atoms with Crippen LogP contribution in [-0.2, 0) is 53.0 Å². The molecule has 0 heterocycles. The smallest absolute Gasteiger partial charge is 0.338 e. The fraction of sp³-hybridized carbons (Fsp3) is 0.432. The summed E-state index contributed by atoms with van der Waals surface area (Å²) >= 11 is 0. The van der Waals surface area contributed by atoms with E-state index in [1.54, 1.807) is 33.5 Å². The van der Waals surface area contributed by atoms with Crippen molar-refractivity contribution in [3.8, 4) is 34.5 Å². The second-order valence-corrected chi connectivity index (χ2v) is 12.5. The first kappa shape index (κ1) is 45.6. The molecule has 0 saturated carbocycles. The Morgan fingerprint density at radius 1 is 0.397 bits per heavy atom. The van der Waals surface area contributed by atoms with Crippen molar-refractivity contribution in [3.63, 3.8) is 0 Å². The zero-order chi connectivity index (χ0) is 41.0. The van der Waals surface area contributed by atoms with Crippen LogP contribution in [-0.4, -0.2) is 114 Å². The summed E-state index contributed by atoms with van der Waals surface area (Å²) in [6.07, 6.45) is 0. The number of hydrogen-bond acceptors (Lipinski definition) is 14. The molecule has 0 atom stereocenters. The summed E-state index contributed by atoms with van der Waals surface area (Å²) < 4.78 is 72.9. The molecule has 4 aromatic rings. The molecule has 0 aromatic heterocycles. The third kappa shape index (κ3) is 17.2. The van der Waals surface area contributed by atoms with Crippen LogP contribution in [0.25, 0.3) is 0 Å². The van der Waals surface area contributed by atoms with Crippen LogP contribution in [0.3, 0.4) is 0 Å². The highest BCUT2D eigenvalue weighted by molar-refractivity contribution is 5.91. The van der Waals surface area contributed by atoms with Gasteiger partial charge in [0.15, 0.2) is 11.5 Å². The van der Waals surface area contributed by atoms with Crippen molar-refractivity contribution >= 4 is 5.97 Å². The lowest BCUT2D eigenvalue weighted by molar-refractivity contribution is 0.0544. The minimum Gasteiger partial charge on any atom is -0.491 e. The predicted octanol–water partition coefficient (Wildman–Crippen LogP) is 6.34. The molecular formula is C44H56O14. The molecule has 0 unspecified atom stereocenters. The molecule has 0 radical (unpaired) electrons. The first-order chi connectivity index (χ1) is 28.5. The van der Waals surface area contributed by atoms with Crippen LogP contribution < -0.4 is 28.4 Å². The van der Waals surface area contributed by atoms with Crippen LogP contribution in [0.1, 0.15) is 27.0 Å². The monoisotopic (exact) mass is 808 g/mol. The number of hydrogen-bond donors (Lipinski definition) is 0. The Hall–Kier alpha value is -5.09. The summed E-state index contributed by atoms with van der Waals surface area (Å²) in [5, 5.41) is 0. The van der Waals surface area contributed by atoms with Gasteiger partial charge in [0.2, 0.25) is 5.75 Å². The number of methoxy groups -OCH3 is 4. The summed E-state index contributed by atoms with van der Waals surface area (Å²) in [5.41, 5.74) is 2.84. The molecule has 14 heteroatoms. The molecule has 0 saturated heterocycles. The molecule has 14 nitrogen and oxygen atoms in total. The van der Waals surface area contributed by atoms with E-state index in [1.807, 2.05) is 72.8 Å². The van der Waals surface area contributed by atoms with Crippen LogP contribution in [0.4, 0.5) is 0 Å².